The van der Waals surface area contributed by atoms with Crippen LogP contribution in [0.1, 0.15) is 12.0 Å². The lowest BCUT2D eigenvalue weighted by atomic mass is 10.2. The maximum absolute atomic E-state index is 9.97. The number of carbonyl (C=O) groups is 1. The molecule has 0 aliphatic carbocycles. The van der Waals surface area contributed by atoms with Crippen molar-refractivity contribution in [1.29, 1.82) is 0 Å². The number of carbonyl (C=O) groups excluding carboxylic acids is 1. The second-order valence-electron chi connectivity index (χ2n) is 2.52. The Morgan fingerprint density at radius 3 is 2.69 bits per heavy atom. The molecule has 0 fully saturated rings. The molecule has 4 N–H and O–H groups in total. The van der Waals surface area contributed by atoms with Crippen LogP contribution < -0.4 is 11.5 Å². The van der Waals surface area contributed by atoms with Crippen molar-refractivity contribution >= 4 is 17.7 Å². The van der Waals surface area contributed by atoms with E-state index in [9.17, 15) is 4.79 Å². The third-order valence-electron chi connectivity index (χ3n) is 1.50. The van der Waals surface area contributed by atoms with Gasteiger partial charge in [0.15, 0.2) is 0 Å². The first-order valence-electron chi connectivity index (χ1n) is 3.81. The van der Waals surface area contributed by atoms with Gasteiger partial charge in [-0.3, -0.25) is 0 Å². The number of anilines is 2. The predicted octanol–water partition coefficient (Wildman–Crippen LogP) is 0.792. The smallest absolute Gasteiger partial charge is 0.131 e. The molecule has 1 aromatic carbocycles. The molecule has 3 heteroatoms. The van der Waals surface area contributed by atoms with E-state index in [1.165, 1.54) is 0 Å². The number of rotatable bonds is 1. The van der Waals surface area contributed by atoms with Crippen LogP contribution in [0.15, 0.2) is 18.2 Å². The summed E-state index contributed by atoms with van der Waals surface area (Å²) in [5, 5.41) is 0. The topological polar surface area (TPSA) is 69.1 Å². The minimum Gasteiger partial charge on any atom is -0.397 e. The highest BCUT2D eigenvalue weighted by Gasteiger charge is 1.93. The zero-order chi connectivity index (χ0) is 9.68. The number of nitrogen functional groups attached to an aromatic ring is 2. The Kier molecular flexibility index (Phi) is 2.93. The lowest BCUT2D eigenvalue weighted by Gasteiger charge is -1.98. The highest BCUT2D eigenvalue weighted by molar-refractivity contribution is 5.66. The van der Waals surface area contributed by atoms with Gasteiger partial charge in [-0.15, -0.1) is 0 Å². The van der Waals surface area contributed by atoms with Crippen molar-refractivity contribution in [3.63, 3.8) is 0 Å². The second-order valence-corrected chi connectivity index (χ2v) is 2.52. The first-order valence-corrected chi connectivity index (χ1v) is 3.81. The van der Waals surface area contributed by atoms with Crippen molar-refractivity contribution in [3.05, 3.63) is 23.8 Å². The van der Waals surface area contributed by atoms with E-state index >= 15 is 0 Å². The van der Waals surface area contributed by atoms with Crippen LogP contribution in [0.3, 0.4) is 0 Å². The molecule has 0 saturated heterocycles. The van der Waals surface area contributed by atoms with Crippen molar-refractivity contribution in [2.24, 2.45) is 0 Å². The molecule has 0 aromatic heterocycles. The normalized spacial score (nSPS) is 8.62. The minimum absolute atomic E-state index is 0.240. The molecular weight excluding hydrogens is 164 g/mol. The van der Waals surface area contributed by atoms with E-state index in [1.54, 1.807) is 18.2 Å². The van der Waals surface area contributed by atoms with E-state index in [4.69, 9.17) is 11.5 Å². The standard InChI is InChI=1S/C10H10N2O/c11-9-5-4-8(7-10(9)12)3-1-2-6-13/h4-7H,2,11-12H2. The summed E-state index contributed by atoms with van der Waals surface area (Å²) in [5.41, 5.74) is 12.9. The van der Waals surface area contributed by atoms with Gasteiger partial charge in [0, 0.05) is 5.56 Å². The Balaban J connectivity index is 2.87. The van der Waals surface area contributed by atoms with E-state index in [1.807, 2.05) is 0 Å². The van der Waals surface area contributed by atoms with Gasteiger partial charge < -0.3 is 16.3 Å². The highest BCUT2D eigenvalue weighted by Crippen LogP contribution is 2.14. The molecule has 0 aliphatic heterocycles. The first kappa shape index (κ1) is 9.14. The molecule has 0 saturated carbocycles. The number of benzene rings is 1. The van der Waals surface area contributed by atoms with Gasteiger partial charge in [0.05, 0.1) is 17.8 Å². The van der Waals surface area contributed by atoms with Gasteiger partial charge in [0.2, 0.25) is 0 Å². The van der Waals surface area contributed by atoms with Gasteiger partial charge in [-0.05, 0) is 18.2 Å². The Labute approximate surface area is 76.7 Å². The molecular formula is C10H10N2O. The SMILES string of the molecule is Nc1ccc(C#CCC=O)cc1N. The van der Waals surface area contributed by atoms with Crippen molar-refractivity contribution in [2.75, 3.05) is 11.5 Å². The quantitative estimate of drug-likeness (QED) is 0.375. The molecule has 0 unspecified atom stereocenters. The summed E-state index contributed by atoms with van der Waals surface area (Å²) in [6.45, 7) is 0. The Morgan fingerprint density at radius 2 is 2.08 bits per heavy atom. The summed E-state index contributed by atoms with van der Waals surface area (Å²) in [6, 6.07) is 5.15. The molecule has 1 rings (SSSR count). The average Bonchev–Trinajstić information content (AvgIpc) is 2.12. The van der Waals surface area contributed by atoms with Crippen molar-refractivity contribution in [1.82, 2.24) is 0 Å². The summed E-state index contributed by atoms with van der Waals surface area (Å²) in [6.07, 6.45) is 0.998. The van der Waals surface area contributed by atoms with Crippen LogP contribution in [0.5, 0.6) is 0 Å². The Hall–Kier alpha value is -1.95. The number of aldehydes is 1. The van der Waals surface area contributed by atoms with Gasteiger partial charge in [-0.2, -0.15) is 0 Å². The average molecular weight is 174 g/mol. The minimum atomic E-state index is 0.240. The monoisotopic (exact) mass is 174 g/mol. The summed E-state index contributed by atoms with van der Waals surface area (Å²) >= 11 is 0. The third-order valence-corrected chi connectivity index (χ3v) is 1.50. The summed E-state index contributed by atoms with van der Waals surface area (Å²) in [7, 11) is 0. The molecule has 0 amide bonds. The largest absolute Gasteiger partial charge is 0.397 e. The summed E-state index contributed by atoms with van der Waals surface area (Å²) in [5.74, 6) is 5.48. The fourth-order valence-electron chi connectivity index (χ4n) is 0.847. The molecule has 0 radical (unpaired) electrons. The van der Waals surface area contributed by atoms with Crippen LogP contribution in [0.2, 0.25) is 0 Å². The predicted molar refractivity (Wildman–Crippen MR) is 52.8 cm³/mol. The van der Waals surface area contributed by atoms with Gasteiger partial charge in [-0.25, -0.2) is 0 Å². The van der Waals surface area contributed by atoms with Crippen LogP contribution in [0, 0.1) is 11.8 Å². The Bertz CT molecular complexity index is 374. The first-order chi connectivity index (χ1) is 6.24. The highest BCUT2D eigenvalue weighted by atomic mass is 16.1. The molecule has 0 heterocycles. The number of nitrogens with two attached hydrogens (primary N) is 2. The van der Waals surface area contributed by atoms with Crippen molar-refractivity contribution in [3.8, 4) is 11.8 Å². The Morgan fingerprint density at radius 1 is 1.31 bits per heavy atom. The zero-order valence-corrected chi connectivity index (χ0v) is 7.08. The fourth-order valence-corrected chi connectivity index (χ4v) is 0.847. The summed E-state index contributed by atoms with van der Waals surface area (Å²) in [4.78, 5) is 9.97. The lowest BCUT2D eigenvalue weighted by Crippen LogP contribution is -1.94. The molecule has 1 aromatic rings. The van der Waals surface area contributed by atoms with E-state index in [0.29, 0.717) is 11.4 Å². The number of hydrogen-bond donors (Lipinski definition) is 2. The van der Waals surface area contributed by atoms with Crippen LogP contribution >= 0.6 is 0 Å². The van der Waals surface area contributed by atoms with Crippen LogP contribution in [-0.2, 0) is 4.79 Å². The molecule has 13 heavy (non-hydrogen) atoms. The van der Waals surface area contributed by atoms with E-state index in [-0.39, 0.29) is 6.42 Å². The molecule has 0 bridgehead atoms. The lowest BCUT2D eigenvalue weighted by molar-refractivity contribution is -0.107. The maximum Gasteiger partial charge on any atom is 0.131 e. The molecule has 0 aliphatic rings. The molecule has 0 spiro atoms. The summed E-state index contributed by atoms with van der Waals surface area (Å²) < 4.78 is 0. The maximum atomic E-state index is 9.97. The fraction of sp³-hybridized carbons (Fsp3) is 0.100. The van der Waals surface area contributed by atoms with E-state index in [0.717, 1.165) is 11.8 Å². The molecule has 0 atom stereocenters. The zero-order valence-electron chi connectivity index (χ0n) is 7.08. The molecule has 3 nitrogen and oxygen atoms in total. The van der Waals surface area contributed by atoms with Gasteiger partial charge in [0.1, 0.15) is 6.29 Å². The van der Waals surface area contributed by atoms with Crippen LogP contribution in [-0.4, -0.2) is 6.29 Å². The second kappa shape index (κ2) is 4.17. The van der Waals surface area contributed by atoms with Crippen molar-refractivity contribution < 1.29 is 4.79 Å². The van der Waals surface area contributed by atoms with E-state index in [2.05, 4.69) is 11.8 Å². The number of hydrogen-bond acceptors (Lipinski definition) is 3. The van der Waals surface area contributed by atoms with Crippen LogP contribution in [0.25, 0.3) is 0 Å². The van der Waals surface area contributed by atoms with Gasteiger partial charge >= 0.3 is 0 Å². The van der Waals surface area contributed by atoms with E-state index < -0.39 is 0 Å². The third kappa shape index (κ3) is 2.53. The molecule has 66 valence electrons. The van der Waals surface area contributed by atoms with Crippen molar-refractivity contribution in [2.45, 2.75) is 6.42 Å². The van der Waals surface area contributed by atoms with Gasteiger partial charge in [0.25, 0.3) is 0 Å². The van der Waals surface area contributed by atoms with Crippen LogP contribution in [0.4, 0.5) is 11.4 Å². The van der Waals surface area contributed by atoms with Gasteiger partial charge in [-0.1, -0.05) is 11.8 Å².